The van der Waals surface area contributed by atoms with Crippen LogP contribution in [0.15, 0.2) is 0 Å². The minimum atomic E-state index is -2.72. The average Bonchev–Trinajstić information content (AvgIpc) is 1.87. The lowest BCUT2D eigenvalue weighted by Gasteiger charge is -2.17. The van der Waals surface area contributed by atoms with Crippen molar-refractivity contribution in [1.29, 1.82) is 0 Å². The predicted molar refractivity (Wildman–Crippen MR) is 33.1 cm³/mol. The molecule has 10 heavy (non-hydrogen) atoms. The maximum absolute atomic E-state index is 11.7. The van der Waals surface area contributed by atoms with Crippen LogP contribution in [0.1, 0.15) is 13.8 Å². The van der Waals surface area contributed by atoms with Crippen LogP contribution in [0.3, 0.4) is 0 Å². The number of halogens is 2. The predicted octanol–water partition coefficient (Wildman–Crippen LogP) is 1.04. The summed E-state index contributed by atoms with van der Waals surface area (Å²) in [6.45, 7) is 3.44. The second-order valence-corrected chi connectivity index (χ2v) is 1.99. The van der Waals surface area contributed by atoms with E-state index < -0.39 is 18.6 Å². The van der Waals surface area contributed by atoms with E-state index in [1.165, 1.54) is 6.92 Å². The van der Waals surface area contributed by atoms with E-state index in [9.17, 15) is 8.78 Å². The van der Waals surface area contributed by atoms with Gasteiger partial charge in [0, 0.05) is 6.61 Å². The quantitative estimate of drug-likeness (QED) is 0.655. The molecule has 0 rings (SSSR count). The van der Waals surface area contributed by atoms with E-state index in [0.29, 0.717) is 6.61 Å². The summed E-state index contributed by atoms with van der Waals surface area (Å²) in [5.41, 5.74) is 0. The van der Waals surface area contributed by atoms with E-state index in [1.54, 1.807) is 6.92 Å². The zero-order valence-corrected chi connectivity index (χ0v) is 6.05. The zero-order chi connectivity index (χ0) is 8.15. The minimum Gasteiger partial charge on any atom is -0.384 e. The molecule has 0 aromatic heterocycles. The van der Waals surface area contributed by atoms with E-state index in [4.69, 9.17) is 9.84 Å². The van der Waals surface area contributed by atoms with Crippen LogP contribution in [-0.4, -0.2) is 30.3 Å². The number of alkyl halides is 2. The van der Waals surface area contributed by atoms with Crippen LogP contribution in [-0.2, 0) is 4.74 Å². The Morgan fingerprint density at radius 2 is 2.00 bits per heavy atom. The van der Waals surface area contributed by atoms with Gasteiger partial charge in [-0.05, 0) is 13.8 Å². The lowest BCUT2D eigenvalue weighted by atomic mass is 10.2. The normalized spacial score (nSPS) is 17.4. The first-order valence-electron chi connectivity index (χ1n) is 3.17. The number of hydrogen-bond donors (Lipinski definition) is 1. The third kappa shape index (κ3) is 3.08. The molecule has 0 saturated carbocycles. The van der Waals surface area contributed by atoms with Crippen LogP contribution in [0.5, 0.6) is 0 Å². The van der Waals surface area contributed by atoms with E-state index in [0.717, 1.165) is 0 Å². The fourth-order valence-electron chi connectivity index (χ4n) is 0.566. The van der Waals surface area contributed by atoms with Crippen molar-refractivity contribution in [3.8, 4) is 0 Å². The Morgan fingerprint density at radius 1 is 1.50 bits per heavy atom. The summed E-state index contributed by atoms with van der Waals surface area (Å²) >= 11 is 0. The Balaban J connectivity index is 3.58. The highest BCUT2D eigenvalue weighted by molar-refractivity contribution is 4.65. The molecule has 0 radical (unpaired) electrons. The third-order valence-corrected chi connectivity index (χ3v) is 1.17. The van der Waals surface area contributed by atoms with Gasteiger partial charge in [0.05, 0.1) is 6.10 Å². The first-order valence-corrected chi connectivity index (χ1v) is 3.17. The molecule has 0 fully saturated rings. The monoisotopic (exact) mass is 154 g/mol. The fraction of sp³-hybridized carbons (Fsp3) is 1.00. The van der Waals surface area contributed by atoms with Gasteiger partial charge < -0.3 is 9.84 Å². The van der Waals surface area contributed by atoms with E-state index >= 15 is 0 Å². The molecule has 0 heterocycles. The third-order valence-electron chi connectivity index (χ3n) is 1.17. The Bertz CT molecular complexity index is 87.8. The van der Waals surface area contributed by atoms with Gasteiger partial charge in [-0.2, -0.15) is 0 Å². The van der Waals surface area contributed by atoms with Crippen molar-refractivity contribution >= 4 is 0 Å². The molecular formula is C6H12F2O2. The lowest BCUT2D eigenvalue weighted by molar-refractivity contribution is -0.0928. The molecule has 0 aromatic rings. The Morgan fingerprint density at radius 3 is 2.30 bits per heavy atom. The van der Waals surface area contributed by atoms with Crippen LogP contribution in [0.25, 0.3) is 0 Å². The van der Waals surface area contributed by atoms with Gasteiger partial charge in [0.1, 0.15) is 6.10 Å². The van der Waals surface area contributed by atoms with E-state index in [-0.39, 0.29) is 0 Å². The topological polar surface area (TPSA) is 29.5 Å². The summed E-state index contributed by atoms with van der Waals surface area (Å²) in [6, 6.07) is 0. The van der Waals surface area contributed by atoms with Crippen molar-refractivity contribution in [2.75, 3.05) is 6.61 Å². The van der Waals surface area contributed by atoms with Crippen molar-refractivity contribution < 1.29 is 18.6 Å². The van der Waals surface area contributed by atoms with Crippen molar-refractivity contribution in [2.45, 2.75) is 32.5 Å². The summed E-state index contributed by atoms with van der Waals surface area (Å²) in [5.74, 6) is 0. The van der Waals surface area contributed by atoms with Crippen molar-refractivity contribution in [2.24, 2.45) is 0 Å². The van der Waals surface area contributed by atoms with Gasteiger partial charge in [-0.1, -0.05) is 0 Å². The molecule has 4 heteroatoms. The number of hydrogen-bond acceptors (Lipinski definition) is 2. The highest BCUT2D eigenvalue weighted by Crippen LogP contribution is 2.07. The van der Waals surface area contributed by atoms with Crippen molar-refractivity contribution in [3.05, 3.63) is 0 Å². The number of aliphatic hydroxyl groups is 1. The summed E-state index contributed by atoms with van der Waals surface area (Å²) in [7, 11) is 0. The van der Waals surface area contributed by atoms with Gasteiger partial charge in [0.25, 0.3) is 6.43 Å². The largest absolute Gasteiger partial charge is 0.384 e. The van der Waals surface area contributed by atoms with Gasteiger partial charge in [-0.15, -0.1) is 0 Å². The van der Waals surface area contributed by atoms with E-state index in [1.807, 2.05) is 0 Å². The number of rotatable bonds is 4. The average molecular weight is 154 g/mol. The molecule has 0 aliphatic carbocycles. The molecule has 0 aliphatic heterocycles. The highest BCUT2D eigenvalue weighted by atomic mass is 19.3. The molecule has 0 aromatic carbocycles. The second-order valence-electron chi connectivity index (χ2n) is 1.99. The maximum atomic E-state index is 11.7. The molecule has 62 valence electrons. The van der Waals surface area contributed by atoms with E-state index in [2.05, 4.69) is 0 Å². The molecule has 2 unspecified atom stereocenters. The lowest BCUT2D eigenvalue weighted by Crippen LogP contribution is -2.32. The Kier molecular flexibility index (Phi) is 4.47. The van der Waals surface area contributed by atoms with Crippen LogP contribution in [0.2, 0.25) is 0 Å². The second kappa shape index (κ2) is 4.57. The van der Waals surface area contributed by atoms with Crippen LogP contribution in [0.4, 0.5) is 8.78 Å². The number of aliphatic hydroxyl groups excluding tert-OH is 1. The summed E-state index contributed by atoms with van der Waals surface area (Å²) in [4.78, 5) is 0. The van der Waals surface area contributed by atoms with Gasteiger partial charge in [0.2, 0.25) is 0 Å². The molecule has 2 nitrogen and oxygen atoms in total. The molecule has 1 N–H and O–H groups in total. The molecule has 2 atom stereocenters. The molecule has 0 amide bonds. The Labute approximate surface area is 58.8 Å². The van der Waals surface area contributed by atoms with Gasteiger partial charge >= 0.3 is 0 Å². The van der Waals surface area contributed by atoms with Gasteiger partial charge in [-0.25, -0.2) is 8.78 Å². The molecule has 0 spiro atoms. The SMILES string of the molecule is CCOC(C)C(O)C(F)F. The first-order chi connectivity index (χ1) is 4.59. The van der Waals surface area contributed by atoms with Crippen LogP contribution in [0, 0.1) is 0 Å². The summed E-state index contributed by atoms with van der Waals surface area (Å²) in [6.07, 6.45) is -5.17. The molecule has 0 saturated heterocycles. The minimum absolute atomic E-state index is 0.338. The molecule has 0 bridgehead atoms. The summed E-state index contributed by atoms with van der Waals surface area (Å²) in [5, 5.41) is 8.65. The standard InChI is InChI=1S/C6H12F2O2/c1-3-10-4(2)5(9)6(7)8/h4-6,9H,3H2,1-2H3. The fourth-order valence-corrected chi connectivity index (χ4v) is 0.566. The highest BCUT2D eigenvalue weighted by Gasteiger charge is 2.23. The maximum Gasteiger partial charge on any atom is 0.266 e. The number of ether oxygens (including phenoxy) is 1. The summed E-state index contributed by atoms with van der Waals surface area (Å²) < 4.78 is 28.1. The Hall–Kier alpha value is -0.220. The van der Waals surface area contributed by atoms with Crippen molar-refractivity contribution in [1.82, 2.24) is 0 Å². The zero-order valence-electron chi connectivity index (χ0n) is 6.05. The van der Waals surface area contributed by atoms with Gasteiger partial charge in [0.15, 0.2) is 0 Å². The van der Waals surface area contributed by atoms with Crippen LogP contribution < -0.4 is 0 Å². The van der Waals surface area contributed by atoms with Gasteiger partial charge in [-0.3, -0.25) is 0 Å². The molecule has 0 aliphatic rings. The molecular weight excluding hydrogens is 142 g/mol. The first kappa shape index (κ1) is 9.78. The van der Waals surface area contributed by atoms with Crippen LogP contribution >= 0.6 is 0 Å². The smallest absolute Gasteiger partial charge is 0.266 e. The van der Waals surface area contributed by atoms with Crippen molar-refractivity contribution in [3.63, 3.8) is 0 Å².